The Morgan fingerprint density at radius 3 is 2.05 bits per heavy atom. The topological polar surface area (TPSA) is 48.0 Å². The Morgan fingerprint density at radius 2 is 1.64 bits per heavy atom. The molecule has 0 unspecified atom stereocenters. The molecule has 0 aliphatic carbocycles. The van der Waals surface area contributed by atoms with Crippen molar-refractivity contribution >= 4 is 13.2 Å². The number of hydrogen-bond acceptors (Lipinski definition) is 4. The molecular weight excluding hydrogens is 281 g/mol. The van der Waals surface area contributed by atoms with E-state index < -0.39 is 12.7 Å². The first kappa shape index (κ1) is 17.4. The van der Waals surface area contributed by atoms with Gasteiger partial charge in [-0.15, -0.1) is 6.58 Å². The second-order valence-electron chi connectivity index (χ2n) is 8.25. The Morgan fingerprint density at radius 1 is 1.18 bits per heavy atom. The molecule has 2 aliphatic heterocycles. The van der Waals surface area contributed by atoms with E-state index >= 15 is 0 Å². The first-order chi connectivity index (χ1) is 9.82. The first-order valence-electron chi connectivity index (χ1n) is 7.85. The molecule has 2 heterocycles. The van der Waals surface area contributed by atoms with Crippen LogP contribution in [0.5, 0.6) is 0 Å². The summed E-state index contributed by atoms with van der Waals surface area (Å²) in [4.78, 5) is 13.6. The van der Waals surface area contributed by atoms with Crippen LogP contribution in [0.1, 0.15) is 48.5 Å². The molecular formula is C16H28BNO4. The van der Waals surface area contributed by atoms with Crippen LogP contribution in [-0.2, 0) is 14.0 Å². The summed E-state index contributed by atoms with van der Waals surface area (Å²) in [6.45, 7) is 19.0. The van der Waals surface area contributed by atoms with Gasteiger partial charge in [-0.25, -0.2) is 4.79 Å². The molecule has 0 N–H and O–H groups in total. The molecule has 0 spiro atoms. The number of nitrogens with zero attached hydrogens (tertiary/aromatic N) is 1. The van der Waals surface area contributed by atoms with Crippen molar-refractivity contribution < 1.29 is 18.8 Å². The second-order valence-corrected chi connectivity index (χ2v) is 8.25. The van der Waals surface area contributed by atoms with Crippen molar-refractivity contribution in [3.8, 4) is 0 Å². The molecule has 2 saturated heterocycles. The Kier molecular flexibility index (Phi) is 4.16. The fourth-order valence-corrected chi connectivity index (χ4v) is 2.38. The van der Waals surface area contributed by atoms with Gasteiger partial charge in [0.1, 0.15) is 5.60 Å². The third-order valence-corrected chi connectivity index (χ3v) is 4.61. The van der Waals surface area contributed by atoms with E-state index in [-0.39, 0.29) is 23.2 Å². The van der Waals surface area contributed by atoms with E-state index in [1.165, 1.54) is 0 Å². The first-order valence-corrected chi connectivity index (χ1v) is 7.85. The minimum absolute atomic E-state index is 0.196. The van der Waals surface area contributed by atoms with E-state index in [4.69, 9.17) is 14.0 Å². The van der Waals surface area contributed by atoms with Crippen molar-refractivity contribution in [2.45, 2.75) is 65.3 Å². The van der Waals surface area contributed by atoms with Crippen LogP contribution in [-0.4, -0.2) is 48.0 Å². The molecule has 0 aromatic rings. The van der Waals surface area contributed by atoms with Crippen LogP contribution in [0.4, 0.5) is 4.79 Å². The molecule has 2 fully saturated rings. The van der Waals surface area contributed by atoms with Crippen LogP contribution in [0.2, 0.25) is 0 Å². The number of ether oxygens (including phenoxy) is 1. The van der Waals surface area contributed by atoms with Crippen LogP contribution < -0.4 is 0 Å². The summed E-state index contributed by atoms with van der Waals surface area (Å²) in [6.07, 6.45) is -0.273. The van der Waals surface area contributed by atoms with Gasteiger partial charge in [0.25, 0.3) is 0 Å². The van der Waals surface area contributed by atoms with Crippen LogP contribution in [0.3, 0.4) is 0 Å². The molecule has 0 radical (unpaired) electrons. The lowest BCUT2D eigenvalue weighted by molar-refractivity contribution is 0.00392. The molecule has 1 amide bonds. The molecule has 0 saturated carbocycles. The molecule has 0 aromatic carbocycles. The van der Waals surface area contributed by atoms with E-state index in [9.17, 15) is 4.79 Å². The lowest BCUT2D eigenvalue weighted by Crippen LogP contribution is -2.53. The molecule has 124 valence electrons. The van der Waals surface area contributed by atoms with Crippen molar-refractivity contribution in [1.29, 1.82) is 0 Å². The van der Waals surface area contributed by atoms with E-state index in [1.807, 2.05) is 48.5 Å². The SMILES string of the molecule is C=C(B1OC(C)(C)C(C)(C)O1)C1CN(C(=O)OC(C)(C)C)C1. The minimum Gasteiger partial charge on any atom is -0.444 e. The van der Waals surface area contributed by atoms with Gasteiger partial charge in [-0.05, 0) is 53.9 Å². The highest BCUT2D eigenvalue weighted by atomic mass is 16.7. The Bertz CT molecular complexity index is 459. The van der Waals surface area contributed by atoms with Crippen molar-refractivity contribution in [3.63, 3.8) is 0 Å². The van der Waals surface area contributed by atoms with Crippen LogP contribution >= 0.6 is 0 Å². The van der Waals surface area contributed by atoms with Crippen molar-refractivity contribution in [1.82, 2.24) is 4.90 Å². The van der Waals surface area contributed by atoms with Gasteiger partial charge in [0, 0.05) is 19.0 Å². The van der Waals surface area contributed by atoms with Gasteiger partial charge in [-0.3, -0.25) is 0 Å². The number of hydrogen-bond donors (Lipinski definition) is 0. The highest BCUT2D eigenvalue weighted by molar-refractivity contribution is 6.54. The van der Waals surface area contributed by atoms with Gasteiger partial charge < -0.3 is 18.9 Å². The zero-order valence-electron chi connectivity index (χ0n) is 14.9. The molecule has 2 aliphatic rings. The standard InChI is InChI=1S/C16H28BNO4/c1-11(17-21-15(5,6)16(7,8)22-17)12-9-18(10-12)13(19)20-14(2,3)4/h12H,1,9-10H2,2-8H3. The van der Waals surface area contributed by atoms with Crippen molar-refractivity contribution in [2.75, 3.05) is 13.1 Å². The Balaban J connectivity index is 1.87. The molecule has 0 atom stereocenters. The number of carbonyl (C=O) groups is 1. The van der Waals surface area contributed by atoms with E-state index in [0.29, 0.717) is 13.1 Å². The molecule has 0 bridgehead atoms. The molecule has 0 aromatic heterocycles. The van der Waals surface area contributed by atoms with Crippen LogP contribution in [0.25, 0.3) is 0 Å². The largest absolute Gasteiger partial charge is 0.490 e. The molecule has 5 nitrogen and oxygen atoms in total. The lowest BCUT2D eigenvalue weighted by Gasteiger charge is -2.41. The summed E-state index contributed by atoms with van der Waals surface area (Å²) in [5.41, 5.74) is -0.298. The summed E-state index contributed by atoms with van der Waals surface area (Å²) < 4.78 is 17.4. The number of carbonyl (C=O) groups excluding carboxylic acids is 1. The maximum Gasteiger partial charge on any atom is 0.490 e. The third kappa shape index (κ3) is 3.33. The number of likely N-dealkylation sites (tertiary alicyclic amines) is 1. The second kappa shape index (κ2) is 5.27. The quantitative estimate of drug-likeness (QED) is 0.736. The van der Waals surface area contributed by atoms with E-state index in [1.54, 1.807) is 4.90 Å². The number of amides is 1. The van der Waals surface area contributed by atoms with Crippen LogP contribution in [0, 0.1) is 5.92 Å². The summed E-state index contributed by atoms with van der Waals surface area (Å²) in [6, 6.07) is 0. The molecule has 6 heteroatoms. The third-order valence-electron chi connectivity index (χ3n) is 4.61. The monoisotopic (exact) mass is 309 g/mol. The van der Waals surface area contributed by atoms with Crippen LogP contribution in [0.15, 0.2) is 12.1 Å². The molecule has 22 heavy (non-hydrogen) atoms. The van der Waals surface area contributed by atoms with Gasteiger partial charge in [-0.1, -0.05) is 0 Å². The maximum atomic E-state index is 11.9. The smallest absolute Gasteiger partial charge is 0.444 e. The van der Waals surface area contributed by atoms with E-state index in [2.05, 4.69) is 6.58 Å². The predicted octanol–water partition coefficient (Wildman–Crippen LogP) is 3.04. The Hall–Kier alpha value is -1.01. The summed E-state index contributed by atoms with van der Waals surface area (Å²) in [5.74, 6) is 0.196. The van der Waals surface area contributed by atoms with Gasteiger partial charge in [0.05, 0.1) is 11.2 Å². The van der Waals surface area contributed by atoms with Gasteiger partial charge in [0.15, 0.2) is 0 Å². The number of rotatable bonds is 2. The zero-order chi connectivity index (χ0) is 16.9. The summed E-state index contributed by atoms with van der Waals surface area (Å²) in [7, 11) is -0.407. The summed E-state index contributed by atoms with van der Waals surface area (Å²) >= 11 is 0. The highest BCUT2D eigenvalue weighted by Gasteiger charge is 2.54. The van der Waals surface area contributed by atoms with Gasteiger partial charge in [0.2, 0.25) is 0 Å². The fourth-order valence-electron chi connectivity index (χ4n) is 2.38. The minimum atomic E-state index is -0.467. The van der Waals surface area contributed by atoms with Crippen molar-refractivity contribution in [2.24, 2.45) is 5.92 Å². The van der Waals surface area contributed by atoms with E-state index in [0.717, 1.165) is 5.47 Å². The maximum absolute atomic E-state index is 11.9. The zero-order valence-corrected chi connectivity index (χ0v) is 14.9. The predicted molar refractivity (Wildman–Crippen MR) is 86.5 cm³/mol. The lowest BCUT2D eigenvalue weighted by atomic mass is 9.69. The Labute approximate surface area is 134 Å². The van der Waals surface area contributed by atoms with Crippen molar-refractivity contribution in [3.05, 3.63) is 12.1 Å². The normalized spacial score (nSPS) is 24.1. The van der Waals surface area contributed by atoms with Gasteiger partial charge in [-0.2, -0.15) is 0 Å². The average Bonchev–Trinajstić information content (AvgIpc) is 2.42. The summed E-state index contributed by atoms with van der Waals surface area (Å²) in [5, 5.41) is 0. The highest BCUT2D eigenvalue weighted by Crippen LogP contribution is 2.40. The fraction of sp³-hybridized carbons (Fsp3) is 0.812. The van der Waals surface area contributed by atoms with Gasteiger partial charge >= 0.3 is 13.2 Å². The molecule has 2 rings (SSSR count). The average molecular weight is 309 g/mol.